The van der Waals surface area contributed by atoms with Gasteiger partial charge in [0.1, 0.15) is 5.82 Å². The van der Waals surface area contributed by atoms with Gasteiger partial charge >= 0.3 is 0 Å². The molecule has 0 spiro atoms. The summed E-state index contributed by atoms with van der Waals surface area (Å²) in [5.41, 5.74) is 2.39. The second-order valence-electron chi connectivity index (χ2n) is 5.64. The largest absolute Gasteiger partial charge is 0.355 e. The van der Waals surface area contributed by atoms with Crippen LogP contribution in [0.25, 0.3) is 10.8 Å². The minimum absolute atomic E-state index is 0.824. The molecule has 0 amide bonds. The monoisotopic (exact) mass is 283 g/mol. The number of anilines is 1. The Morgan fingerprint density at radius 1 is 1.29 bits per heavy atom. The Balaban J connectivity index is 2.37. The molecule has 0 saturated heterocycles. The summed E-state index contributed by atoms with van der Waals surface area (Å²) in [5, 5.41) is 5.94. The minimum Gasteiger partial charge on any atom is -0.355 e. The van der Waals surface area contributed by atoms with E-state index in [0.717, 1.165) is 37.4 Å². The number of aromatic nitrogens is 1. The molecular weight excluding hydrogens is 258 g/mol. The fourth-order valence-corrected chi connectivity index (χ4v) is 2.56. The first-order chi connectivity index (χ1) is 10.1. The average Bonchev–Trinajstić information content (AvgIpc) is 2.46. The molecule has 112 valence electrons. The van der Waals surface area contributed by atoms with Crippen molar-refractivity contribution in [3.8, 4) is 0 Å². The van der Waals surface area contributed by atoms with Crippen molar-refractivity contribution in [2.75, 3.05) is 25.0 Å². The van der Waals surface area contributed by atoms with Crippen LogP contribution in [0.1, 0.15) is 25.8 Å². The first-order valence-electron chi connectivity index (χ1n) is 7.56. The standard InChI is InChI=1S/C18H25N3/c1-5-10-19-11-15-12-20-18(21(4)13-14(2)3)17-9-7-6-8-16(15)17/h6-9,12,19H,2,5,10-11,13H2,1,3-4H3. The highest BCUT2D eigenvalue weighted by atomic mass is 15.2. The number of rotatable bonds is 7. The number of fused-ring (bicyclic) bond motifs is 1. The van der Waals surface area contributed by atoms with Crippen molar-refractivity contribution in [3.63, 3.8) is 0 Å². The van der Waals surface area contributed by atoms with E-state index in [2.05, 4.69) is 60.0 Å². The molecule has 0 fully saturated rings. The van der Waals surface area contributed by atoms with E-state index in [1.165, 1.54) is 16.3 Å². The van der Waals surface area contributed by atoms with Gasteiger partial charge in [0.25, 0.3) is 0 Å². The van der Waals surface area contributed by atoms with E-state index in [1.807, 2.05) is 13.1 Å². The average molecular weight is 283 g/mol. The second-order valence-corrected chi connectivity index (χ2v) is 5.64. The fourth-order valence-electron chi connectivity index (χ4n) is 2.56. The van der Waals surface area contributed by atoms with Crippen molar-refractivity contribution >= 4 is 16.6 Å². The molecule has 3 heteroatoms. The number of pyridine rings is 1. The van der Waals surface area contributed by atoms with E-state index in [0.29, 0.717) is 0 Å². The Kier molecular flexibility index (Phi) is 5.34. The minimum atomic E-state index is 0.824. The van der Waals surface area contributed by atoms with Crippen molar-refractivity contribution in [1.29, 1.82) is 0 Å². The molecule has 0 unspecified atom stereocenters. The third-order valence-corrected chi connectivity index (χ3v) is 3.47. The van der Waals surface area contributed by atoms with E-state index in [9.17, 15) is 0 Å². The molecule has 2 rings (SSSR count). The highest BCUT2D eigenvalue weighted by Gasteiger charge is 2.10. The van der Waals surface area contributed by atoms with Crippen LogP contribution in [-0.2, 0) is 6.54 Å². The zero-order valence-corrected chi connectivity index (χ0v) is 13.3. The number of benzene rings is 1. The smallest absolute Gasteiger partial charge is 0.136 e. The summed E-state index contributed by atoms with van der Waals surface area (Å²) in [6, 6.07) is 8.49. The van der Waals surface area contributed by atoms with E-state index in [1.54, 1.807) is 0 Å². The third kappa shape index (κ3) is 3.82. The van der Waals surface area contributed by atoms with Gasteiger partial charge in [-0.3, -0.25) is 0 Å². The van der Waals surface area contributed by atoms with Crippen LogP contribution in [0.4, 0.5) is 5.82 Å². The van der Waals surface area contributed by atoms with Crippen molar-refractivity contribution in [3.05, 3.63) is 48.2 Å². The van der Waals surface area contributed by atoms with Crippen molar-refractivity contribution in [2.45, 2.75) is 26.8 Å². The molecule has 0 aliphatic carbocycles. The maximum absolute atomic E-state index is 4.68. The van der Waals surface area contributed by atoms with Crippen molar-refractivity contribution in [2.24, 2.45) is 0 Å². The van der Waals surface area contributed by atoms with Gasteiger partial charge in [0.2, 0.25) is 0 Å². The molecule has 1 aromatic carbocycles. The van der Waals surface area contributed by atoms with Gasteiger partial charge < -0.3 is 10.2 Å². The van der Waals surface area contributed by atoms with E-state index in [-0.39, 0.29) is 0 Å². The lowest BCUT2D eigenvalue weighted by molar-refractivity contribution is 0.676. The highest BCUT2D eigenvalue weighted by Crippen LogP contribution is 2.26. The van der Waals surface area contributed by atoms with E-state index < -0.39 is 0 Å². The number of nitrogens with zero attached hydrogens (tertiary/aromatic N) is 2. The van der Waals surface area contributed by atoms with Gasteiger partial charge in [0.05, 0.1) is 0 Å². The predicted octanol–water partition coefficient (Wildman–Crippen LogP) is 3.75. The van der Waals surface area contributed by atoms with Crippen LogP contribution in [0, 0.1) is 0 Å². The SMILES string of the molecule is C=C(C)CN(C)c1ncc(CNCCC)c2ccccc12. The van der Waals surface area contributed by atoms with Gasteiger partial charge in [0, 0.05) is 31.7 Å². The van der Waals surface area contributed by atoms with E-state index >= 15 is 0 Å². The second kappa shape index (κ2) is 7.23. The topological polar surface area (TPSA) is 28.2 Å². The predicted molar refractivity (Wildman–Crippen MR) is 91.8 cm³/mol. The van der Waals surface area contributed by atoms with Crippen LogP contribution < -0.4 is 10.2 Å². The van der Waals surface area contributed by atoms with Crippen LogP contribution in [-0.4, -0.2) is 25.1 Å². The van der Waals surface area contributed by atoms with Gasteiger partial charge in [0.15, 0.2) is 0 Å². The maximum Gasteiger partial charge on any atom is 0.136 e. The number of hydrogen-bond acceptors (Lipinski definition) is 3. The molecule has 0 radical (unpaired) electrons. The molecule has 0 aliphatic rings. The molecule has 2 aromatic rings. The third-order valence-electron chi connectivity index (χ3n) is 3.47. The van der Waals surface area contributed by atoms with Crippen LogP contribution in [0.3, 0.4) is 0 Å². The van der Waals surface area contributed by atoms with Crippen LogP contribution in [0.2, 0.25) is 0 Å². The Labute approximate surface area is 127 Å². The molecule has 0 aliphatic heterocycles. The zero-order chi connectivity index (χ0) is 15.2. The van der Waals surface area contributed by atoms with Gasteiger partial charge in [-0.25, -0.2) is 4.98 Å². The summed E-state index contributed by atoms with van der Waals surface area (Å²) >= 11 is 0. The van der Waals surface area contributed by atoms with Gasteiger partial charge in [-0.05, 0) is 30.8 Å². The normalized spacial score (nSPS) is 10.8. The summed E-state index contributed by atoms with van der Waals surface area (Å²) in [5.74, 6) is 1.02. The first-order valence-corrected chi connectivity index (χ1v) is 7.56. The molecule has 0 saturated carbocycles. The van der Waals surface area contributed by atoms with Gasteiger partial charge in [-0.15, -0.1) is 0 Å². The molecule has 1 N–H and O–H groups in total. The lowest BCUT2D eigenvalue weighted by Crippen LogP contribution is -2.21. The Hall–Kier alpha value is -1.87. The quantitative estimate of drug-likeness (QED) is 0.619. The number of hydrogen-bond donors (Lipinski definition) is 1. The Morgan fingerprint density at radius 3 is 2.67 bits per heavy atom. The van der Waals surface area contributed by atoms with Gasteiger partial charge in [-0.2, -0.15) is 0 Å². The summed E-state index contributed by atoms with van der Waals surface area (Å²) in [6.45, 7) is 10.9. The van der Waals surface area contributed by atoms with E-state index in [4.69, 9.17) is 0 Å². The number of nitrogens with one attached hydrogen (secondary N) is 1. The van der Waals surface area contributed by atoms with Crippen LogP contribution >= 0.6 is 0 Å². The highest BCUT2D eigenvalue weighted by molar-refractivity contribution is 5.94. The first kappa shape index (κ1) is 15.5. The van der Waals surface area contributed by atoms with Crippen molar-refractivity contribution in [1.82, 2.24) is 10.3 Å². The summed E-state index contributed by atoms with van der Waals surface area (Å²) in [4.78, 5) is 6.84. The van der Waals surface area contributed by atoms with Crippen LogP contribution in [0.15, 0.2) is 42.6 Å². The van der Waals surface area contributed by atoms with Crippen molar-refractivity contribution < 1.29 is 0 Å². The van der Waals surface area contributed by atoms with Crippen LogP contribution in [0.5, 0.6) is 0 Å². The molecule has 1 aromatic heterocycles. The summed E-state index contributed by atoms with van der Waals surface area (Å²) in [7, 11) is 2.07. The molecule has 0 atom stereocenters. The molecule has 3 nitrogen and oxygen atoms in total. The Bertz CT molecular complexity index is 619. The zero-order valence-electron chi connectivity index (χ0n) is 13.3. The fraction of sp³-hybridized carbons (Fsp3) is 0.389. The lowest BCUT2D eigenvalue weighted by atomic mass is 10.1. The molecule has 21 heavy (non-hydrogen) atoms. The summed E-state index contributed by atoms with van der Waals surface area (Å²) < 4.78 is 0. The number of likely N-dealkylation sites (N-methyl/N-ethyl adjacent to an activating group) is 1. The molecule has 1 heterocycles. The Morgan fingerprint density at radius 2 is 2.00 bits per heavy atom. The molecule has 0 bridgehead atoms. The lowest BCUT2D eigenvalue weighted by Gasteiger charge is -2.21. The molecular formula is C18H25N3. The summed E-state index contributed by atoms with van der Waals surface area (Å²) in [6.07, 6.45) is 3.14. The maximum atomic E-state index is 4.68. The van der Waals surface area contributed by atoms with Gasteiger partial charge in [-0.1, -0.05) is 43.3 Å².